The van der Waals surface area contributed by atoms with E-state index in [1.807, 2.05) is 6.92 Å². The predicted octanol–water partition coefficient (Wildman–Crippen LogP) is 2.53. The van der Waals surface area contributed by atoms with Crippen molar-refractivity contribution in [1.82, 2.24) is 0 Å². The predicted molar refractivity (Wildman–Crippen MR) is 70.1 cm³/mol. The van der Waals surface area contributed by atoms with Crippen molar-refractivity contribution in [3.8, 4) is 0 Å². The average Bonchev–Trinajstić information content (AvgIpc) is 2.14. The summed E-state index contributed by atoms with van der Waals surface area (Å²) in [6.45, 7) is 13.4. The lowest BCUT2D eigenvalue weighted by Gasteiger charge is -2.36. The monoisotopic (exact) mass is 248 g/mol. The van der Waals surface area contributed by atoms with E-state index in [2.05, 4.69) is 33.9 Å². The molecule has 0 heterocycles. The first kappa shape index (κ1) is 16.1. The van der Waals surface area contributed by atoms with Crippen molar-refractivity contribution in [2.45, 2.75) is 70.9 Å². The molecule has 0 aliphatic rings. The summed E-state index contributed by atoms with van der Waals surface area (Å²) in [5.74, 6) is 0. The summed E-state index contributed by atoms with van der Waals surface area (Å²) in [6, 6.07) is 0. The van der Waals surface area contributed by atoms with Gasteiger partial charge in [-0.1, -0.05) is 27.7 Å². The van der Waals surface area contributed by atoms with E-state index in [9.17, 15) is 10.2 Å². The molecule has 0 rings (SSSR count). The number of rotatable bonds is 6. The minimum atomic E-state index is -1.71. The lowest BCUT2D eigenvalue weighted by atomic mass is 10.1. The van der Waals surface area contributed by atoms with E-state index >= 15 is 0 Å². The van der Waals surface area contributed by atoms with Gasteiger partial charge >= 0.3 is 0 Å². The number of hydrogen-bond donors (Lipinski definition) is 2. The molecule has 0 aromatic carbocycles. The standard InChI is InChI=1S/C12H28O3Si/c1-7-10(13)11(14)8-9-15-16(5,6)12(2,3)4/h10-11,13-14H,7-9H2,1-6H3/t10-,11-/m1/s1. The molecule has 0 aromatic heterocycles. The zero-order chi connectivity index (χ0) is 13.0. The average molecular weight is 248 g/mol. The molecule has 0 fully saturated rings. The lowest BCUT2D eigenvalue weighted by molar-refractivity contribution is 0.00476. The summed E-state index contributed by atoms with van der Waals surface area (Å²) in [7, 11) is -1.71. The summed E-state index contributed by atoms with van der Waals surface area (Å²) in [6.07, 6.45) is -0.180. The number of aliphatic hydroxyl groups excluding tert-OH is 2. The molecular formula is C12H28O3Si. The minimum Gasteiger partial charge on any atom is -0.417 e. The molecule has 0 spiro atoms. The third kappa shape index (κ3) is 4.95. The fourth-order valence-corrected chi connectivity index (χ4v) is 2.18. The van der Waals surface area contributed by atoms with Gasteiger partial charge in [0.1, 0.15) is 0 Å². The van der Waals surface area contributed by atoms with Crippen molar-refractivity contribution in [2.24, 2.45) is 0 Å². The lowest BCUT2D eigenvalue weighted by Crippen LogP contribution is -2.41. The van der Waals surface area contributed by atoms with Gasteiger partial charge in [0.05, 0.1) is 12.2 Å². The Morgan fingerprint density at radius 1 is 1.12 bits per heavy atom. The largest absolute Gasteiger partial charge is 0.417 e. The van der Waals surface area contributed by atoms with Crippen molar-refractivity contribution < 1.29 is 14.6 Å². The Morgan fingerprint density at radius 3 is 2.00 bits per heavy atom. The first-order chi connectivity index (χ1) is 7.12. The molecule has 3 nitrogen and oxygen atoms in total. The molecule has 0 bridgehead atoms. The second-order valence-corrected chi connectivity index (χ2v) is 10.7. The van der Waals surface area contributed by atoms with Crippen molar-refractivity contribution >= 4 is 8.32 Å². The molecule has 0 radical (unpaired) electrons. The number of hydrogen-bond acceptors (Lipinski definition) is 3. The summed E-state index contributed by atoms with van der Waals surface area (Å²) < 4.78 is 5.93. The van der Waals surface area contributed by atoms with Crippen LogP contribution in [-0.2, 0) is 4.43 Å². The highest BCUT2D eigenvalue weighted by molar-refractivity contribution is 6.74. The molecule has 0 amide bonds. The molecule has 4 heteroatoms. The van der Waals surface area contributed by atoms with Gasteiger partial charge < -0.3 is 14.6 Å². The molecule has 98 valence electrons. The van der Waals surface area contributed by atoms with Gasteiger partial charge in [-0.3, -0.25) is 0 Å². The Kier molecular flexibility index (Phi) is 6.18. The second-order valence-electron chi connectivity index (χ2n) is 5.94. The third-order valence-corrected chi connectivity index (χ3v) is 8.08. The minimum absolute atomic E-state index is 0.196. The van der Waals surface area contributed by atoms with Crippen molar-refractivity contribution in [3.63, 3.8) is 0 Å². The van der Waals surface area contributed by atoms with E-state index in [0.29, 0.717) is 19.4 Å². The normalized spacial score (nSPS) is 17.2. The molecular weight excluding hydrogens is 220 g/mol. The van der Waals surface area contributed by atoms with E-state index in [-0.39, 0.29) is 5.04 Å². The molecule has 0 saturated heterocycles. The Hall–Kier alpha value is 0.0969. The van der Waals surface area contributed by atoms with E-state index in [1.165, 1.54) is 0 Å². The van der Waals surface area contributed by atoms with Crippen LogP contribution in [-0.4, -0.2) is 37.3 Å². The molecule has 0 saturated carbocycles. The highest BCUT2D eigenvalue weighted by Gasteiger charge is 2.37. The van der Waals surface area contributed by atoms with Gasteiger partial charge in [-0.15, -0.1) is 0 Å². The van der Waals surface area contributed by atoms with Gasteiger partial charge in [-0.2, -0.15) is 0 Å². The van der Waals surface area contributed by atoms with Crippen LogP contribution in [0.2, 0.25) is 18.1 Å². The van der Waals surface area contributed by atoms with Crippen molar-refractivity contribution in [2.75, 3.05) is 6.61 Å². The maximum Gasteiger partial charge on any atom is 0.191 e. The maximum absolute atomic E-state index is 9.60. The van der Waals surface area contributed by atoms with Gasteiger partial charge in [0, 0.05) is 6.61 Å². The van der Waals surface area contributed by atoms with Crippen LogP contribution >= 0.6 is 0 Å². The summed E-state index contributed by atoms with van der Waals surface area (Å²) in [4.78, 5) is 0. The van der Waals surface area contributed by atoms with E-state index < -0.39 is 20.5 Å². The molecule has 0 aliphatic heterocycles. The van der Waals surface area contributed by atoms with E-state index in [4.69, 9.17) is 4.43 Å². The van der Waals surface area contributed by atoms with Crippen molar-refractivity contribution in [3.05, 3.63) is 0 Å². The van der Waals surface area contributed by atoms with Crippen LogP contribution in [0.3, 0.4) is 0 Å². The molecule has 2 N–H and O–H groups in total. The van der Waals surface area contributed by atoms with E-state index in [0.717, 1.165) is 0 Å². The Bertz CT molecular complexity index is 199. The summed E-state index contributed by atoms with van der Waals surface area (Å²) in [5, 5.41) is 19.2. The van der Waals surface area contributed by atoms with Crippen LogP contribution in [0.4, 0.5) is 0 Å². The smallest absolute Gasteiger partial charge is 0.191 e. The quantitative estimate of drug-likeness (QED) is 0.710. The van der Waals surface area contributed by atoms with Gasteiger partial charge in [0.25, 0.3) is 0 Å². The zero-order valence-corrected chi connectivity index (χ0v) is 12.6. The Morgan fingerprint density at radius 2 is 1.62 bits per heavy atom. The van der Waals surface area contributed by atoms with Crippen LogP contribution in [0.5, 0.6) is 0 Å². The first-order valence-electron chi connectivity index (χ1n) is 6.12. The second kappa shape index (κ2) is 6.14. The SMILES string of the molecule is CC[C@@H](O)[C@H](O)CCO[Si](C)(C)C(C)(C)C. The summed E-state index contributed by atoms with van der Waals surface area (Å²) >= 11 is 0. The maximum atomic E-state index is 9.60. The zero-order valence-electron chi connectivity index (χ0n) is 11.6. The third-order valence-electron chi connectivity index (χ3n) is 3.55. The number of aliphatic hydroxyl groups is 2. The van der Waals surface area contributed by atoms with Gasteiger partial charge in [0.2, 0.25) is 0 Å². The highest BCUT2D eigenvalue weighted by atomic mass is 28.4. The Balaban J connectivity index is 3.99. The van der Waals surface area contributed by atoms with Gasteiger partial charge in [-0.05, 0) is 31.0 Å². The van der Waals surface area contributed by atoms with Crippen molar-refractivity contribution in [1.29, 1.82) is 0 Å². The van der Waals surface area contributed by atoms with Gasteiger partial charge in [-0.25, -0.2) is 0 Å². The molecule has 0 aliphatic carbocycles. The van der Waals surface area contributed by atoms with Crippen LogP contribution in [0, 0.1) is 0 Å². The molecule has 0 aromatic rings. The van der Waals surface area contributed by atoms with Crippen LogP contribution in [0.25, 0.3) is 0 Å². The molecule has 2 atom stereocenters. The van der Waals surface area contributed by atoms with Gasteiger partial charge in [0.15, 0.2) is 8.32 Å². The fourth-order valence-electron chi connectivity index (χ4n) is 1.12. The first-order valence-corrected chi connectivity index (χ1v) is 9.02. The molecule has 0 unspecified atom stereocenters. The van der Waals surface area contributed by atoms with Crippen LogP contribution < -0.4 is 0 Å². The van der Waals surface area contributed by atoms with Crippen LogP contribution in [0.15, 0.2) is 0 Å². The summed E-state index contributed by atoms with van der Waals surface area (Å²) in [5.41, 5.74) is 0. The van der Waals surface area contributed by atoms with E-state index in [1.54, 1.807) is 0 Å². The van der Waals surface area contributed by atoms with Crippen LogP contribution in [0.1, 0.15) is 40.5 Å². The topological polar surface area (TPSA) is 49.7 Å². The highest BCUT2D eigenvalue weighted by Crippen LogP contribution is 2.36. The fraction of sp³-hybridized carbons (Fsp3) is 1.00. The molecule has 16 heavy (non-hydrogen) atoms. The Labute approximate surface area is 101 Å².